The summed E-state index contributed by atoms with van der Waals surface area (Å²) in [7, 11) is 0. The molecule has 0 radical (unpaired) electrons. The van der Waals surface area contributed by atoms with E-state index in [0.717, 1.165) is 25.1 Å². The molecular weight excluding hydrogens is 360 g/mol. The molecule has 1 aromatic carbocycles. The lowest BCUT2D eigenvalue weighted by molar-refractivity contribution is -0.0539. The Balaban J connectivity index is 1.51. The fraction of sp³-hybridized carbons (Fsp3) is 0.550. The average Bonchev–Trinajstić information content (AvgIpc) is 3.27. The van der Waals surface area contributed by atoms with Gasteiger partial charge in [0.1, 0.15) is 0 Å². The molecule has 28 heavy (non-hydrogen) atoms. The largest absolute Gasteiger partial charge is 0.439 e. The second kappa shape index (κ2) is 7.09. The van der Waals surface area contributed by atoms with Crippen molar-refractivity contribution in [3.05, 3.63) is 34.8 Å². The molecule has 1 aromatic heterocycles. The maximum atomic E-state index is 12.5. The Morgan fingerprint density at radius 2 is 1.89 bits per heavy atom. The highest BCUT2D eigenvalue weighted by Gasteiger charge is 2.42. The Hall–Kier alpha value is -2.61. The maximum absolute atomic E-state index is 12.5. The van der Waals surface area contributed by atoms with Crippen LogP contribution in [0, 0.1) is 5.41 Å². The Morgan fingerprint density at radius 3 is 2.54 bits per heavy atom. The van der Waals surface area contributed by atoms with Gasteiger partial charge in [-0.25, -0.2) is 9.59 Å². The molecule has 3 heterocycles. The van der Waals surface area contributed by atoms with E-state index in [-0.39, 0.29) is 17.7 Å². The number of cyclic esters (lactones) is 1. The van der Waals surface area contributed by atoms with E-state index in [0.29, 0.717) is 24.0 Å². The van der Waals surface area contributed by atoms with Gasteiger partial charge in [0.25, 0.3) is 0 Å². The van der Waals surface area contributed by atoms with Gasteiger partial charge in [0.05, 0.1) is 6.54 Å². The molecule has 150 valence electrons. The maximum Gasteiger partial charge on any atom is 0.439 e. The van der Waals surface area contributed by atoms with Gasteiger partial charge in [0.15, 0.2) is 12.1 Å². The van der Waals surface area contributed by atoms with Crippen LogP contribution in [0.1, 0.15) is 40.0 Å². The molecule has 2 aliphatic rings. The molecule has 2 unspecified atom stereocenters. The Bertz CT molecular complexity index is 896. The van der Waals surface area contributed by atoms with E-state index in [2.05, 4.69) is 40.3 Å². The SMILES string of the molecule is CC(C)(C)C1CCCCN1C1CN(c2ccc(-c3noc(=O)[nH]3)cc2)C(=O)O1. The number of rotatable bonds is 3. The monoisotopic (exact) mass is 386 g/mol. The van der Waals surface area contributed by atoms with E-state index >= 15 is 0 Å². The van der Waals surface area contributed by atoms with Crippen LogP contribution in [0.15, 0.2) is 33.6 Å². The standard InChI is InChI=1S/C20H26N4O4/c1-20(2,3)15-6-4-5-11-23(15)16-12-24(19(26)27-16)14-9-7-13(8-10-14)17-21-18(25)28-22-17/h7-10,15-16H,4-6,11-12H2,1-3H3,(H,21,22,25). The summed E-state index contributed by atoms with van der Waals surface area (Å²) in [6, 6.07) is 7.63. The molecule has 8 heteroatoms. The number of piperidine rings is 1. The van der Waals surface area contributed by atoms with Gasteiger partial charge in [-0.05, 0) is 42.5 Å². The van der Waals surface area contributed by atoms with Gasteiger partial charge < -0.3 is 4.74 Å². The van der Waals surface area contributed by atoms with Crippen LogP contribution in [0.4, 0.5) is 10.5 Å². The molecule has 4 rings (SSSR count). The second-order valence-corrected chi connectivity index (χ2v) is 8.55. The number of benzene rings is 1. The van der Waals surface area contributed by atoms with Crippen LogP contribution in [0.3, 0.4) is 0 Å². The van der Waals surface area contributed by atoms with E-state index in [1.807, 2.05) is 12.1 Å². The minimum absolute atomic E-state index is 0.135. The number of nitrogens with one attached hydrogen (secondary N) is 1. The predicted molar refractivity (Wildman–Crippen MR) is 104 cm³/mol. The molecule has 0 aliphatic carbocycles. The summed E-state index contributed by atoms with van der Waals surface area (Å²) in [4.78, 5) is 30.2. The fourth-order valence-electron chi connectivity index (χ4n) is 4.21. The van der Waals surface area contributed by atoms with Crippen molar-refractivity contribution in [2.45, 2.75) is 52.3 Å². The van der Waals surface area contributed by atoms with Crippen LogP contribution in [0.5, 0.6) is 0 Å². The lowest BCUT2D eigenvalue weighted by Crippen LogP contribution is -2.53. The molecule has 1 N–H and O–H groups in total. The molecule has 2 saturated heterocycles. The first-order valence-electron chi connectivity index (χ1n) is 9.73. The molecule has 2 fully saturated rings. The van der Waals surface area contributed by atoms with Crippen molar-refractivity contribution in [2.75, 3.05) is 18.0 Å². The smallest absolute Gasteiger partial charge is 0.428 e. The molecule has 2 aromatic rings. The summed E-state index contributed by atoms with van der Waals surface area (Å²) >= 11 is 0. The van der Waals surface area contributed by atoms with Crippen LogP contribution < -0.4 is 10.7 Å². The number of amides is 1. The van der Waals surface area contributed by atoms with Crippen molar-refractivity contribution < 1.29 is 14.1 Å². The normalized spacial score (nSPS) is 23.8. The number of carbonyl (C=O) groups excluding carboxylic acids is 1. The molecule has 0 bridgehead atoms. The number of nitrogens with zero attached hydrogens (tertiary/aromatic N) is 3. The lowest BCUT2D eigenvalue weighted by Gasteiger charge is -2.45. The summed E-state index contributed by atoms with van der Waals surface area (Å²) in [5.41, 5.74) is 1.60. The highest BCUT2D eigenvalue weighted by molar-refractivity contribution is 5.90. The van der Waals surface area contributed by atoms with Crippen LogP contribution in [-0.2, 0) is 4.74 Å². The van der Waals surface area contributed by atoms with E-state index < -0.39 is 5.76 Å². The van der Waals surface area contributed by atoms with Crippen molar-refractivity contribution in [1.29, 1.82) is 0 Å². The quantitative estimate of drug-likeness (QED) is 0.871. The lowest BCUT2D eigenvalue weighted by atomic mass is 9.80. The zero-order chi connectivity index (χ0) is 19.9. The van der Waals surface area contributed by atoms with E-state index in [4.69, 9.17) is 4.74 Å². The Kier molecular flexibility index (Phi) is 4.74. The first-order valence-corrected chi connectivity index (χ1v) is 9.73. The number of ether oxygens (including phenoxy) is 1. The molecule has 0 spiro atoms. The van der Waals surface area contributed by atoms with Crippen LogP contribution in [0.2, 0.25) is 0 Å². The number of carbonyl (C=O) groups is 1. The van der Waals surface area contributed by atoms with Gasteiger partial charge in [-0.3, -0.25) is 19.3 Å². The van der Waals surface area contributed by atoms with Gasteiger partial charge in [-0.15, -0.1) is 0 Å². The number of aromatic amines is 1. The zero-order valence-electron chi connectivity index (χ0n) is 16.5. The van der Waals surface area contributed by atoms with Gasteiger partial charge in [-0.1, -0.05) is 32.3 Å². The molecule has 1 amide bonds. The molecular formula is C20H26N4O4. The van der Waals surface area contributed by atoms with Crippen LogP contribution in [-0.4, -0.2) is 46.5 Å². The topological polar surface area (TPSA) is 91.7 Å². The highest BCUT2D eigenvalue weighted by Crippen LogP contribution is 2.35. The van der Waals surface area contributed by atoms with Gasteiger partial charge in [0, 0.05) is 23.8 Å². The summed E-state index contributed by atoms with van der Waals surface area (Å²) in [6.07, 6.45) is 2.91. The van der Waals surface area contributed by atoms with Gasteiger partial charge in [0.2, 0.25) is 0 Å². The Labute approximate surface area is 163 Å². The third-order valence-electron chi connectivity index (χ3n) is 5.60. The van der Waals surface area contributed by atoms with E-state index in [1.165, 1.54) is 6.42 Å². The molecule has 8 nitrogen and oxygen atoms in total. The highest BCUT2D eigenvalue weighted by atomic mass is 16.6. The molecule has 2 aliphatic heterocycles. The third kappa shape index (κ3) is 3.56. The number of aromatic nitrogens is 2. The zero-order valence-corrected chi connectivity index (χ0v) is 16.5. The number of hydrogen-bond donors (Lipinski definition) is 1. The summed E-state index contributed by atoms with van der Waals surface area (Å²) in [5, 5.41) is 3.68. The number of hydrogen-bond acceptors (Lipinski definition) is 6. The van der Waals surface area contributed by atoms with Crippen molar-refractivity contribution in [1.82, 2.24) is 15.0 Å². The van der Waals surface area contributed by atoms with Gasteiger partial charge in [-0.2, -0.15) is 0 Å². The molecule has 2 atom stereocenters. The first kappa shape index (κ1) is 18.7. The van der Waals surface area contributed by atoms with Crippen molar-refractivity contribution in [2.24, 2.45) is 5.41 Å². The minimum atomic E-state index is -0.597. The summed E-state index contributed by atoms with van der Waals surface area (Å²) in [5.74, 6) is -0.236. The number of H-pyrrole nitrogens is 1. The predicted octanol–water partition coefficient (Wildman–Crippen LogP) is 3.21. The third-order valence-corrected chi connectivity index (χ3v) is 5.60. The van der Waals surface area contributed by atoms with E-state index in [1.54, 1.807) is 17.0 Å². The van der Waals surface area contributed by atoms with E-state index in [9.17, 15) is 9.59 Å². The molecule has 0 saturated carbocycles. The van der Waals surface area contributed by atoms with Crippen LogP contribution in [0.25, 0.3) is 11.4 Å². The average molecular weight is 386 g/mol. The van der Waals surface area contributed by atoms with Crippen molar-refractivity contribution in [3.63, 3.8) is 0 Å². The minimum Gasteiger partial charge on any atom is -0.428 e. The fourth-order valence-corrected chi connectivity index (χ4v) is 4.21. The van der Waals surface area contributed by atoms with Crippen molar-refractivity contribution in [3.8, 4) is 11.4 Å². The Morgan fingerprint density at radius 1 is 1.14 bits per heavy atom. The second-order valence-electron chi connectivity index (χ2n) is 8.55. The van der Waals surface area contributed by atoms with Crippen molar-refractivity contribution >= 4 is 11.8 Å². The van der Waals surface area contributed by atoms with Crippen LogP contribution >= 0.6 is 0 Å². The summed E-state index contributed by atoms with van der Waals surface area (Å²) < 4.78 is 10.3. The summed E-state index contributed by atoms with van der Waals surface area (Å²) in [6.45, 7) is 8.20. The first-order chi connectivity index (χ1) is 13.3. The number of likely N-dealkylation sites (tertiary alicyclic amines) is 1. The number of anilines is 1. The van der Waals surface area contributed by atoms with Gasteiger partial charge >= 0.3 is 11.8 Å².